The summed E-state index contributed by atoms with van der Waals surface area (Å²) < 4.78 is 13.2. The van der Waals surface area contributed by atoms with Gasteiger partial charge in [-0.1, -0.05) is 19.4 Å². The van der Waals surface area contributed by atoms with Crippen LogP contribution in [0, 0.1) is 18.2 Å². The van der Waals surface area contributed by atoms with Gasteiger partial charge in [-0.3, -0.25) is 4.79 Å². The standard InChI is InChI=1S/C14H20FNO2/c1-3-6-14(9-16,13(17)18)8-11-7-12(15)5-4-10(11)2/h4-5,7H,3,6,8-9,16H2,1-2H3,(H,17,18). The molecule has 1 rings (SSSR count). The lowest BCUT2D eigenvalue weighted by atomic mass is 9.77. The van der Waals surface area contributed by atoms with Crippen molar-refractivity contribution in [3.8, 4) is 0 Å². The lowest BCUT2D eigenvalue weighted by molar-refractivity contribution is -0.148. The van der Waals surface area contributed by atoms with Gasteiger partial charge in [0.15, 0.2) is 0 Å². The molecule has 100 valence electrons. The van der Waals surface area contributed by atoms with Crippen LogP contribution in [0.3, 0.4) is 0 Å². The van der Waals surface area contributed by atoms with Gasteiger partial charge in [0.2, 0.25) is 0 Å². The molecule has 1 atom stereocenters. The second kappa shape index (κ2) is 5.96. The minimum absolute atomic E-state index is 0.0616. The third kappa shape index (κ3) is 3.07. The summed E-state index contributed by atoms with van der Waals surface area (Å²) in [5, 5.41) is 9.40. The molecule has 0 aliphatic rings. The third-order valence-corrected chi connectivity index (χ3v) is 3.41. The van der Waals surface area contributed by atoms with Crippen molar-refractivity contribution in [2.75, 3.05) is 6.54 Å². The predicted molar refractivity (Wildman–Crippen MR) is 68.9 cm³/mol. The molecule has 0 saturated heterocycles. The molecule has 1 aromatic rings. The molecule has 0 aliphatic carbocycles. The Bertz CT molecular complexity index is 434. The first kappa shape index (κ1) is 14.6. The summed E-state index contributed by atoms with van der Waals surface area (Å²) in [7, 11) is 0. The first-order chi connectivity index (χ1) is 8.45. The maximum absolute atomic E-state index is 13.2. The fourth-order valence-electron chi connectivity index (χ4n) is 2.21. The summed E-state index contributed by atoms with van der Waals surface area (Å²) in [5.74, 6) is -1.25. The van der Waals surface area contributed by atoms with Crippen molar-refractivity contribution in [2.24, 2.45) is 11.1 Å². The number of nitrogens with two attached hydrogens (primary N) is 1. The second-order valence-electron chi connectivity index (χ2n) is 4.79. The van der Waals surface area contributed by atoms with Crippen molar-refractivity contribution in [1.29, 1.82) is 0 Å². The molecule has 0 spiro atoms. The molecule has 0 bridgehead atoms. The van der Waals surface area contributed by atoms with E-state index in [1.807, 2.05) is 13.8 Å². The molecule has 1 unspecified atom stereocenters. The van der Waals surface area contributed by atoms with E-state index in [2.05, 4.69) is 0 Å². The third-order valence-electron chi connectivity index (χ3n) is 3.41. The van der Waals surface area contributed by atoms with E-state index in [-0.39, 0.29) is 18.8 Å². The average Bonchev–Trinajstić information content (AvgIpc) is 2.32. The van der Waals surface area contributed by atoms with Crippen LogP contribution in [0.4, 0.5) is 4.39 Å². The Hall–Kier alpha value is -1.42. The van der Waals surface area contributed by atoms with Crippen molar-refractivity contribution in [1.82, 2.24) is 0 Å². The maximum atomic E-state index is 13.2. The van der Waals surface area contributed by atoms with E-state index in [9.17, 15) is 14.3 Å². The maximum Gasteiger partial charge on any atom is 0.311 e. The largest absolute Gasteiger partial charge is 0.481 e. The van der Waals surface area contributed by atoms with Gasteiger partial charge in [-0.15, -0.1) is 0 Å². The highest BCUT2D eigenvalue weighted by Gasteiger charge is 2.36. The SMILES string of the molecule is CCCC(CN)(Cc1cc(F)ccc1C)C(=O)O. The Morgan fingerprint density at radius 2 is 2.17 bits per heavy atom. The number of halogens is 1. The number of rotatable bonds is 6. The highest BCUT2D eigenvalue weighted by molar-refractivity contribution is 5.75. The van der Waals surface area contributed by atoms with E-state index < -0.39 is 11.4 Å². The van der Waals surface area contributed by atoms with Gasteiger partial charge in [-0.2, -0.15) is 0 Å². The van der Waals surface area contributed by atoms with Crippen molar-refractivity contribution >= 4 is 5.97 Å². The summed E-state index contributed by atoms with van der Waals surface area (Å²) >= 11 is 0. The van der Waals surface area contributed by atoms with Crippen LogP contribution in [-0.4, -0.2) is 17.6 Å². The smallest absolute Gasteiger partial charge is 0.311 e. The minimum Gasteiger partial charge on any atom is -0.481 e. The van der Waals surface area contributed by atoms with Crippen molar-refractivity contribution in [3.05, 3.63) is 35.1 Å². The van der Waals surface area contributed by atoms with Gasteiger partial charge in [0.1, 0.15) is 5.82 Å². The van der Waals surface area contributed by atoms with Crippen LogP contribution in [0.25, 0.3) is 0 Å². The molecule has 0 fully saturated rings. The van der Waals surface area contributed by atoms with Crippen LogP contribution < -0.4 is 5.73 Å². The minimum atomic E-state index is -0.993. The number of benzene rings is 1. The van der Waals surface area contributed by atoms with Gasteiger partial charge in [-0.25, -0.2) is 4.39 Å². The first-order valence-electron chi connectivity index (χ1n) is 6.13. The number of carboxylic acid groups (broad SMARTS) is 1. The summed E-state index contributed by atoms with van der Waals surface area (Å²) in [5.41, 5.74) is 6.28. The molecule has 0 radical (unpaired) electrons. The molecule has 3 N–H and O–H groups in total. The summed E-state index contributed by atoms with van der Waals surface area (Å²) in [6.45, 7) is 3.84. The predicted octanol–water partition coefficient (Wildman–Crippen LogP) is 2.51. The average molecular weight is 253 g/mol. The Labute approximate surface area is 107 Å². The fraction of sp³-hybridized carbons (Fsp3) is 0.500. The Balaban J connectivity index is 3.09. The van der Waals surface area contributed by atoms with E-state index >= 15 is 0 Å². The van der Waals surface area contributed by atoms with Crippen LogP contribution in [-0.2, 0) is 11.2 Å². The van der Waals surface area contributed by atoms with E-state index in [1.54, 1.807) is 6.07 Å². The van der Waals surface area contributed by atoms with Crippen molar-refractivity contribution in [3.63, 3.8) is 0 Å². The van der Waals surface area contributed by atoms with Gasteiger partial charge >= 0.3 is 5.97 Å². The zero-order valence-corrected chi connectivity index (χ0v) is 10.9. The molecule has 0 aromatic heterocycles. The summed E-state index contributed by atoms with van der Waals surface area (Å²) in [4.78, 5) is 11.5. The van der Waals surface area contributed by atoms with Gasteiger partial charge in [0, 0.05) is 6.54 Å². The van der Waals surface area contributed by atoms with Gasteiger partial charge < -0.3 is 10.8 Å². The van der Waals surface area contributed by atoms with Crippen molar-refractivity contribution in [2.45, 2.75) is 33.1 Å². The number of aryl methyl sites for hydroxylation is 1. The highest BCUT2D eigenvalue weighted by atomic mass is 19.1. The number of hydrogen-bond acceptors (Lipinski definition) is 2. The van der Waals surface area contributed by atoms with Crippen LogP contribution in [0.2, 0.25) is 0 Å². The van der Waals surface area contributed by atoms with Crippen LogP contribution in [0.1, 0.15) is 30.9 Å². The normalized spacial score (nSPS) is 14.2. The molecule has 0 amide bonds. The number of carbonyl (C=O) groups is 1. The molecule has 3 nitrogen and oxygen atoms in total. The molecule has 0 saturated carbocycles. The Kier molecular flexibility index (Phi) is 4.84. The first-order valence-corrected chi connectivity index (χ1v) is 6.13. The van der Waals surface area contributed by atoms with E-state index in [0.29, 0.717) is 6.42 Å². The van der Waals surface area contributed by atoms with E-state index in [1.165, 1.54) is 12.1 Å². The molecule has 1 aromatic carbocycles. The topological polar surface area (TPSA) is 63.3 Å². The Morgan fingerprint density at radius 1 is 1.50 bits per heavy atom. The van der Waals surface area contributed by atoms with Gasteiger partial charge in [0.25, 0.3) is 0 Å². The van der Waals surface area contributed by atoms with E-state index in [4.69, 9.17) is 5.73 Å². The lowest BCUT2D eigenvalue weighted by Gasteiger charge is -2.28. The molecular weight excluding hydrogens is 233 g/mol. The molecular formula is C14H20FNO2. The lowest BCUT2D eigenvalue weighted by Crippen LogP contribution is -2.40. The number of hydrogen-bond donors (Lipinski definition) is 2. The zero-order valence-electron chi connectivity index (χ0n) is 10.9. The second-order valence-corrected chi connectivity index (χ2v) is 4.79. The highest BCUT2D eigenvalue weighted by Crippen LogP contribution is 2.29. The zero-order chi connectivity index (χ0) is 13.8. The van der Waals surface area contributed by atoms with E-state index in [0.717, 1.165) is 17.5 Å². The quantitative estimate of drug-likeness (QED) is 0.818. The summed E-state index contributed by atoms with van der Waals surface area (Å²) in [6, 6.07) is 4.45. The van der Waals surface area contributed by atoms with Crippen molar-refractivity contribution < 1.29 is 14.3 Å². The number of carboxylic acids is 1. The molecule has 4 heteroatoms. The summed E-state index contributed by atoms with van der Waals surface area (Å²) in [6.07, 6.45) is 1.50. The number of aliphatic carboxylic acids is 1. The Morgan fingerprint density at radius 3 is 2.67 bits per heavy atom. The van der Waals surface area contributed by atoms with Crippen LogP contribution >= 0.6 is 0 Å². The molecule has 0 heterocycles. The van der Waals surface area contributed by atoms with Crippen LogP contribution in [0.5, 0.6) is 0 Å². The van der Waals surface area contributed by atoms with Crippen LogP contribution in [0.15, 0.2) is 18.2 Å². The molecule has 0 aliphatic heterocycles. The molecule has 18 heavy (non-hydrogen) atoms. The monoisotopic (exact) mass is 253 g/mol. The van der Waals surface area contributed by atoms with Gasteiger partial charge in [-0.05, 0) is 43.0 Å². The fourth-order valence-corrected chi connectivity index (χ4v) is 2.21. The van der Waals surface area contributed by atoms with Gasteiger partial charge in [0.05, 0.1) is 5.41 Å².